The molecule has 1 aliphatic carbocycles. The fraction of sp³-hybridized carbons (Fsp3) is 0.571. The molecule has 0 spiro atoms. The molecule has 1 aliphatic rings. The Bertz CT molecular complexity index is 405. The van der Waals surface area contributed by atoms with E-state index < -0.39 is 0 Å². The fourth-order valence-electron chi connectivity index (χ4n) is 2.57. The Morgan fingerprint density at radius 2 is 2.00 bits per heavy atom. The monoisotopic (exact) mass is 315 g/mol. The number of hydrogen-bond donors (Lipinski definition) is 2. The van der Waals surface area contributed by atoms with Gasteiger partial charge >= 0.3 is 0 Å². The second kappa shape index (κ2) is 6.13. The van der Waals surface area contributed by atoms with E-state index in [4.69, 9.17) is 0 Å². The Hall–Kier alpha value is -0.450. The largest absolute Gasteiger partial charge is 0.394 e. The van der Waals surface area contributed by atoms with E-state index in [1.165, 1.54) is 18.6 Å². The minimum atomic E-state index is -0.236. The summed E-state index contributed by atoms with van der Waals surface area (Å²) >= 11 is 3.37. The molecular formula is C14H19BrFNO. The van der Waals surface area contributed by atoms with Crippen LogP contribution < -0.4 is 5.32 Å². The molecule has 2 nitrogen and oxygen atoms in total. The first-order valence-corrected chi connectivity index (χ1v) is 7.24. The smallest absolute Gasteiger partial charge is 0.124 e. The molecule has 1 saturated carbocycles. The predicted octanol–water partition coefficient (Wildman–Crippen LogP) is 3.37. The quantitative estimate of drug-likeness (QED) is 0.892. The summed E-state index contributed by atoms with van der Waals surface area (Å²) in [6.45, 7) is 0.827. The van der Waals surface area contributed by atoms with E-state index in [-0.39, 0.29) is 18.0 Å². The van der Waals surface area contributed by atoms with Gasteiger partial charge in [0.2, 0.25) is 0 Å². The van der Waals surface area contributed by atoms with E-state index in [2.05, 4.69) is 21.2 Å². The third-order valence-electron chi connectivity index (χ3n) is 3.78. The summed E-state index contributed by atoms with van der Waals surface area (Å²) in [6, 6.07) is 4.72. The van der Waals surface area contributed by atoms with E-state index in [0.717, 1.165) is 35.7 Å². The Balaban J connectivity index is 2.01. The highest BCUT2D eigenvalue weighted by molar-refractivity contribution is 9.10. The molecule has 0 radical (unpaired) electrons. The normalized spacial score (nSPS) is 18.8. The van der Waals surface area contributed by atoms with Crippen LogP contribution in [-0.4, -0.2) is 17.3 Å². The van der Waals surface area contributed by atoms with Gasteiger partial charge in [0, 0.05) is 16.6 Å². The van der Waals surface area contributed by atoms with Gasteiger partial charge in [0.25, 0.3) is 0 Å². The van der Waals surface area contributed by atoms with Crippen LogP contribution in [-0.2, 0) is 6.54 Å². The molecule has 0 bridgehead atoms. The first-order chi connectivity index (χ1) is 8.65. The summed E-state index contributed by atoms with van der Waals surface area (Å²) in [4.78, 5) is 0. The maximum atomic E-state index is 13.0. The van der Waals surface area contributed by atoms with Crippen LogP contribution in [0.2, 0.25) is 0 Å². The molecule has 1 fully saturated rings. The van der Waals surface area contributed by atoms with Gasteiger partial charge in [-0.3, -0.25) is 0 Å². The molecule has 1 aromatic carbocycles. The standard InChI is InChI=1S/C14H19BrFNO/c15-13-8-12(16)5-4-11(13)9-17-14(10-18)6-2-1-3-7-14/h4-5,8,17-18H,1-3,6-7,9-10H2. The Morgan fingerprint density at radius 1 is 1.28 bits per heavy atom. The predicted molar refractivity (Wildman–Crippen MR) is 73.8 cm³/mol. The first kappa shape index (κ1) is 14.0. The van der Waals surface area contributed by atoms with Gasteiger partial charge in [-0.15, -0.1) is 0 Å². The Labute approximate surface area is 116 Å². The molecule has 2 rings (SSSR count). The lowest BCUT2D eigenvalue weighted by Crippen LogP contribution is -2.49. The molecule has 0 saturated heterocycles. The molecule has 0 aromatic heterocycles. The van der Waals surface area contributed by atoms with Crippen molar-refractivity contribution >= 4 is 15.9 Å². The molecule has 0 aliphatic heterocycles. The average molecular weight is 316 g/mol. The molecule has 0 heterocycles. The number of nitrogens with one attached hydrogen (secondary N) is 1. The van der Waals surface area contributed by atoms with Crippen LogP contribution in [0.5, 0.6) is 0 Å². The zero-order chi connectivity index (χ0) is 13.0. The molecule has 4 heteroatoms. The number of aliphatic hydroxyl groups is 1. The molecule has 0 amide bonds. The number of rotatable bonds is 4. The molecule has 18 heavy (non-hydrogen) atoms. The van der Waals surface area contributed by atoms with Crippen molar-refractivity contribution in [2.75, 3.05) is 6.61 Å². The van der Waals surface area contributed by atoms with Crippen LogP contribution in [0.3, 0.4) is 0 Å². The van der Waals surface area contributed by atoms with Gasteiger partial charge in [-0.1, -0.05) is 41.3 Å². The van der Waals surface area contributed by atoms with Gasteiger partial charge in [0.1, 0.15) is 5.82 Å². The fourth-order valence-corrected chi connectivity index (χ4v) is 3.06. The highest BCUT2D eigenvalue weighted by Gasteiger charge is 2.30. The molecule has 0 atom stereocenters. The summed E-state index contributed by atoms with van der Waals surface area (Å²) < 4.78 is 13.8. The first-order valence-electron chi connectivity index (χ1n) is 6.45. The summed E-state index contributed by atoms with van der Waals surface area (Å²) in [5.41, 5.74) is 0.876. The van der Waals surface area contributed by atoms with Crippen molar-refractivity contribution in [2.24, 2.45) is 0 Å². The minimum Gasteiger partial charge on any atom is -0.394 e. The lowest BCUT2D eigenvalue weighted by atomic mass is 9.82. The average Bonchev–Trinajstić information content (AvgIpc) is 2.39. The molecule has 0 unspecified atom stereocenters. The highest BCUT2D eigenvalue weighted by Crippen LogP contribution is 2.28. The highest BCUT2D eigenvalue weighted by atomic mass is 79.9. The topological polar surface area (TPSA) is 32.3 Å². The van der Waals surface area contributed by atoms with Gasteiger partial charge in [-0.2, -0.15) is 0 Å². The van der Waals surface area contributed by atoms with E-state index in [9.17, 15) is 9.50 Å². The summed E-state index contributed by atoms with van der Waals surface area (Å²) in [5.74, 6) is -0.236. The number of halogens is 2. The van der Waals surface area contributed by atoms with Gasteiger partial charge < -0.3 is 10.4 Å². The second-order valence-corrected chi connectivity index (χ2v) is 5.94. The summed E-state index contributed by atoms with van der Waals surface area (Å²) in [7, 11) is 0. The van der Waals surface area contributed by atoms with Crippen LogP contribution in [0.1, 0.15) is 37.7 Å². The van der Waals surface area contributed by atoms with Crippen molar-refractivity contribution in [3.05, 3.63) is 34.1 Å². The Morgan fingerprint density at radius 3 is 2.61 bits per heavy atom. The minimum absolute atomic E-state index is 0.147. The summed E-state index contributed by atoms with van der Waals surface area (Å²) in [6.07, 6.45) is 5.62. The van der Waals surface area contributed by atoms with Gasteiger partial charge in [0.05, 0.1) is 6.61 Å². The van der Waals surface area contributed by atoms with Crippen molar-refractivity contribution in [1.29, 1.82) is 0 Å². The molecular weight excluding hydrogens is 297 g/mol. The second-order valence-electron chi connectivity index (χ2n) is 5.09. The number of hydrogen-bond acceptors (Lipinski definition) is 2. The van der Waals surface area contributed by atoms with E-state index >= 15 is 0 Å². The van der Waals surface area contributed by atoms with E-state index in [1.807, 2.05) is 0 Å². The third-order valence-corrected chi connectivity index (χ3v) is 4.52. The van der Waals surface area contributed by atoms with Crippen molar-refractivity contribution < 1.29 is 9.50 Å². The zero-order valence-electron chi connectivity index (χ0n) is 10.4. The maximum Gasteiger partial charge on any atom is 0.124 e. The molecule has 2 N–H and O–H groups in total. The van der Waals surface area contributed by atoms with E-state index in [1.54, 1.807) is 6.07 Å². The van der Waals surface area contributed by atoms with Gasteiger partial charge in [-0.25, -0.2) is 4.39 Å². The van der Waals surface area contributed by atoms with Crippen LogP contribution in [0.4, 0.5) is 4.39 Å². The van der Waals surface area contributed by atoms with Crippen LogP contribution in [0.15, 0.2) is 22.7 Å². The molecule has 100 valence electrons. The van der Waals surface area contributed by atoms with Crippen LogP contribution >= 0.6 is 15.9 Å². The van der Waals surface area contributed by atoms with E-state index in [0.29, 0.717) is 6.54 Å². The van der Waals surface area contributed by atoms with Crippen molar-refractivity contribution in [1.82, 2.24) is 5.32 Å². The van der Waals surface area contributed by atoms with Gasteiger partial charge in [0.15, 0.2) is 0 Å². The van der Waals surface area contributed by atoms with Crippen molar-refractivity contribution in [3.8, 4) is 0 Å². The van der Waals surface area contributed by atoms with Gasteiger partial charge in [-0.05, 0) is 30.5 Å². The third kappa shape index (κ3) is 3.31. The lowest BCUT2D eigenvalue weighted by molar-refractivity contribution is 0.119. The Kier molecular flexibility index (Phi) is 4.76. The SMILES string of the molecule is OCC1(NCc2ccc(F)cc2Br)CCCCC1. The van der Waals surface area contributed by atoms with Crippen LogP contribution in [0.25, 0.3) is 0 Å². The number of benzene rings is 1. The zero-order valence-corrected chi connectivity index (χ0v) is 12.0. The maximum absolute atomic E-state index is 13.0. The number of aliphatic hydroxyl groups excluding tert-OH is 1. The summed E-state index contributed by atoms with van der Waals surface area (Å²) in [5, 5.41) is 13.1. The van der Waals surface area contributed by atoms with Crippen molar-refractivity contribution in [2.45, 2.75) is 44.2 Å². The lowest BCUT2D eigenvalue weighted by Gasteiger charge is -2.36. The van der Waals surface area contributed by atoms with Crippen LogP contribution in [0, 0.1) is 5.82 Å². The molecule has 1 aromatic rings. The van der Waals surface area contributed by atoms with Crippen molar-refractivity contribution in [3.63, 3.8) is 0 Å².